The molecule has 2 heterocycles. The maximum absolute atomic E-state index is 13.9. The summed E-state index contributed by atoms with van der Waals surface area (Å²) in [5.74, 6) is 1.41. The SMILES string of the molecule is COc1ccc(F)cc1CN[C@H]1[C@H]2CCN(C2)[C@@H]1C(c1ccccc1)c1ccccc1. The minimum atomic E-state index is -0.225. The summed E-state index contributed by atoms with van der Waals surface area (Å²) in [5.41, 5.74) is 3.57. The molecule has 0 amide bonds. The van der Waals surface area contributed by atoms with Crippen LogP contribution in [0.25, 0.3) is 0 Å². The zero-order valence-corrected chi connectivity index (χ0v) is 17.9. The van der Waals surface area contributed by atoms with E-state index >= 15 is 0 Å². The third-order valence-electron chi connectivity index (χ3n) is 6.98. The second-order valence-corrected chi connectivity index (χ2v) is 8.70. The van der Waals surface area contributed by atoms with Crippen molar-refractivity contribution in [2.75, 3.05) is 20.2 Å². The average molecular weight is 417 g/mol. The van der Waals surface area contributed by atoms with Gasteiger partial charge in [-0.15, -0.1) is 0 Å². The molecule has 2 bridgehead atoms. The van der Waals surface area contributed by atoms with Crippen LogP contribution >= 0.6 is 0 Å². The van der Waals surface area contributed by atoms with Gasteiger partial charge in [0.1, 0.15) is 11.6 Å². The molecule has 2 aliphatic heterocycles. The number of fused-ring (bicyclic) bond motifs is 2. The van der Waals surface area contributed by atoms with E-state index in [1.165, 1.54) is 23.6 Å². The molecule has 2 fully saturated rings. The molecule has 2 saturated heterocycles. The minimum Gasteiger partial charge on any atom is -0.496 e. The van der Waals surface area contributed by atoms with Gasteiger partial charge in [-0.3, -0.25) is 4.90 Å². The van der Waals surface area contributed by atoms with Gasteiger partial charge < -0.3 is 10.1 Å². The lowest BCUT2D eigenvalue weighted by Gasteiger charge is -2.39. The van der Waals surface area contributed by atoms with Crippen molar-refractivity contribution in [3.8, 4) is 5.75 Å². The number of rotatable bonds is 7. The van der Waals surface area contributed by atoms with Crippen LogP contribution in [0.15, 0.2) is 78.9 Å². The predicted molar refractivity (Wildman–Crippen MR) is 122 cm³/mol. The van der Waals surface area contributed by atoms with E-state index in [1.807, 2.05) is 0 Å². The lowest BCUT2D eigenvalue weighted by atomic mass is 9.78. The number of ether oxygens (including phenoxy) is 1. The van der Waals surface area contributed by atoms with Crippen LogP contribution in [0.2, 0.25) is 0 Å². The molecule has 4 atom stereocenters. The lowest BCUT2D eigenvalue weighted by molar-refractivity contribution is 0.197. The first-order valence-electron chi connectivity index (χ1n) is 11.1. The van der Waals surface area contributed by atoms with Gasteiger partial charge >= 0.3 is 0 Å². The molecule has 1 N–H and O–H groups in total. The fourth-order valence-corrected chi connectivity index (χ4v) is 5.61. The first kappa shape index (κ1) is 20.2. The van der Waals surface area contributed by atoms with E-state index in [4.69, 9.17) is 4.74 Å². The molecule has 0 aromatic heterocycles. The third-order valence-corrected chi connectivity index (χ3v) is 6.98. The van der Waals surface area contributed by atoms with Gasteiger partial charge in [0.25, 0.3) is 0 Å². The van der Waals surface area contributed by atoms with E-state index < -0.39 is 0 Å². The topological polar surface area (TPSA) is 24.5 Å². The van der Waals surface area contributed by atoms with E-state index in [9.17, 15) is 4.39 Å². The Balaban J connectivity index is 1.47. The second kappa shape index (κ2) is 8.81. The van der Waals surface area contributed by atoms with Crippen LogP contribution in [-0.2, 0) is 6.54 Å². The van der Waals surface area contributed by atoms with Gasteiger partial charge in [-0.2, -0.15) is 0 Å². The summed E-state index contributed by atoms with van der Waals surface area (Å²) < 4.78 is 19.4. The molecule has 1 unspecified atom stereocenters. The van der Waals surface area contributed by atoms with Crippen LogP contribution in [0.5, 0.6) is 5.75 Å². The number of benzene rings is 3. The van der Waals surface area contributed by atoms with Crippen LogP contribution in [0.3, 0.4) is 0 Å². The van der Waals surface area contributed by atoms with E-state index in [1.54, 1.807) is 19.2 Å². The zero-order valence-electron chi connectivity index (χ0n) is 17.9. The molecule has 160 valence electrons. The molecular formula is C27H29FN2O. The number of methoxy groups -OCH3 is 1. The first-order valence-corrected chi connectivity index (χ1v) is 11.1. The van der Waals surface area contributed by atoms with Gasteiger partial charge in [0, 0.05) is 36.7 Å². The quantitative estimate of drug-likeness (QED) is 0.597. The first-order chi connectivity index (χ1) is 15.2. The second-order valence-electron chi connectivity index (χ2n) is 8.70. The number of hydrogen-bond donors (Lipinski definition) is 1. The van der Waals surface area contributed by atoms with Crippen LogP contribution < -0.4 is 10.1 Å². The van der Waals surface area contributed by atoms with Crippen molar-refractivity contribution in [3.63, 3.8) is 0 Å². The molecular weight excluding hydrogens is 387 g/mol. The molecule has 4 heteroatoms. The number of nitrogens with zero attached hydrogens (tertiary/aromatic N) is 1. The third kappa shape index (κ3) is 3.98. The summed E-state index contributed by atoms with van der Waals surface area (Å²) in [5, 5.41) is 3.81. The Morgan fingerprint density at radius 2 is 1.68 bits per heavy atom. The van der Waals surface area contributed by atoms with E-state index in [0.717, 1.165) is 24.4 Å². The Labute approximate surface area is 183 Å². The molecule has 0 spiro atoms. The molecule has 2 aliphatic rings. The highest BCUT2D eigenvalue weighted by atomic mass is 19.1. The van der Waals surface area contributed by atoms with Crippen molar-refractivity contribution in [2.45, 2.75) is 31.0 Å². The van der Waals surface area contributed by atoms with Crippen LogP contribution in [0, 0.1) is 11.7 Å². The van der Waals surface area contributed by atoms with Crippen LogP contribution in [0.4, 0.5) is 4.39 Å². The van der Waals surface area contributed by atoms with Crippen molar-refractivity contribution in [3.05, 3.63) is 101 Å². The van der Waals surface area contributed by atoms with Gasteiger partial charge in [-0.25, -0.2) is 4.39 Å². The number of hydrogen-bond acceptors (Lipinski definition) is 3. The molecule has 0 saturated carbocycles. The standard InChI is InChI=1S/C27H29FN2O/c1-31-24-13-12-23(28)16-22(24)17-29-26-21-14-15-30(18-21)27(26)25(19-8-4-2-5-9-19)20-10-6-3-7-11-20/h2-13,16,21,25-27,29H,14-15,17-18H2,1H3/t21-,26-,27+/m0/s1. The summed E-state index contributed by atoms with van der Waals surface area (Å²) >= 11 is 0. The van der Waals surface area contributed by atoms with Gasteiger partial charge in [-0.05, 0) is 48.2 Å². The largest absolute Gasteiger partial charge is 0.496 e. The molecule has 3 aromatic carbocycles. The van der Waals surface area contributed by atoms with Crippen LogP contribution in [-0.4, -0.2) is 37.2 Å². The van der Waals surface area contributed by atoms with Gasteiger partial charge in [0.05, 0.1) is 7.11 Å². The van der Waals surface area contributed by atoms with Crippen molar-refractivity contribution >= 4 is 0 Å². The fourth-order valence-electron chi connectivity index (χ4n) is 5.61. The van der Waals surface area contributed by atoms with Crippen molar-refractivity contribution < 1.29 is 9.13 Å². The molecule has 3 aromatic rings. The summed E-state index contributed by atoms with van der Waals surface area (Å²) in [7, 11) is 1.64. The van der Waals surface area contributed by atoms with Crippen molar-refractivity contribution in [1.82, 2.24) is 10.2 Å². The summed E-state index contributed by atoms with van der Waals surface area (Å²) in [6.45, 7) is 2.87. The Bertz CT molecular complexity index is 971. The maximum atomic E-state index is 13.9. The highest BCUT2D eigenvalue weighted by molar-refractivity contribution is 5.37. The lowest BCUT2D eigenvalue weighted by Crippen LogP contribution is -2.50. The summed E-state index contributed by atoms with van der Waals surface area (Å²) in [4.78, 5) is 2.65. The van der Waals surface area contributed by atoms with E-state index in [2.05, 4.69) is 70.9 Å². The number of halogens is 1. The van der Waals surface area contributed by atoms with E-state index in [0.29, 0.717) is 30.5 Å². The van der Waals surface area contributed by atoms with Crippen molar-refractivity contribution in [1.29, 1.82) is 0 Å². The number of nitrogens with one attached hydrogen (secondary N) is 1. The van der Waals surface area contributed by atoms with Gasteiger partial charge in [0.15, 0.2) is 0 Å². The van der Waals surface area contributed by atoms with Crippen molar-refractivity contribution in [2.24, 2.45) is 5.92 Å². The minimum absolute atomic E-state index is 0.225. The number of piperidine rings is 1. The fraction of sp³-hybridized carbons (Fsp3) is 0.333. The Kier molecular flexibility index (Phi) is 5.75. The summed E-state index contributed by atoms with van der Waals surface area (Å²) in [6, 6.07) is 27.1. The van der Waals surface area contributed by atoms with Crippen LogP contribution in [0.1, 0.15) is 29.0 Å². The van der Waals surface area contributed by atoms with Gasteiger partial charge in [0.2, 0.25) is 0 Å². The summed E-state index contributed by atoms with van der Waals surface area (Å²) in [6.07, 6.45) is 1.21. The average Bonchev–Trinajstić information content (AvgIpc) is 3.42. The smallest absolute Gasteiger partial charge is 0.123 e. The van der Waals surface area contributed by atoms with Gasteiger partial charge in [-0.1, -0.05) is 60.7 Å². The molecule has 31 heavy (non-hydrogen) atoms. The highest BCUT2D eigenvalue weighted by Gasteiger charge is 2.49. The molecule has 0 radical (unpaired) electrons. The Morgan fingerprint density at radius 3 is 2.32 bits per heavy atom. The maximum Gasteiger partial charge on any atom is 0.123 e. The molecule has 0 aliphatic carbocycles. The monoisotopic (exact) mass is 416 g/mol. The molecule has 3 nitrogen and oxygen atoms in total. The van der Waals surface area contributed by atoms with E-state index in [-0.39, 0.29) is 5.82 Å². The molecule has 5 rings (SSSR count). The highest BCUT2D eigenvalue weighted by Crippen LogP contribution is 2.43. The normalized spacial score (nSPS) is 24.6. The Hall–Kier alpha value is -2.69. The Morgan fingerprint density at radius 1 is 1.00 bits per heavy atom. The zero-order chi connectivity index (χ0) is 21.2. The predicted octanol–water partition coefficient (Wildman–Crippen LogP) is 4.83.